The Balaban J connectivity index is 1.94. The first-order valence-corrected chi connectivity index (χ1v) is 10.5. The standard InChI is InChI=1S/C19H29ClN2O2S/c1-13-6-5-9-22(16(13)7-4-8-21-18(23)12-20)19(24)11-17-14(2)10-15(3)25-17/h10,13,16H,4-9,11-12H2,1-3H3,(H,21,23). The van der Waals surface area contributed by atoms with Crippen LogP contribution in [0, 0.1) is 19.8 Å². The van der Waals surface area contributed by atoms with Crippen LogP contribution in [0.4, 0.5) is 0 Å². The van der Waals surface area contributed by atoms with Crippen molar-refractivity contribution in [3.05, 3.63) is 21.4 Å². The predicted octanol–water partition coefficient (Wildman–Crippen LogP) is 3.67. The van der Waals surface area contributed by atoms with Crippen LogP contribution in [0.25, 0.3) is 0 Å². The van der Waals surface area contributed by atoms with E-state index in [9.17, 15) is 9.59 Å². The fraction of sp³-hybridized carbons (Fsp3) is 0.684. The lowest BCUT2D eigenvalue weighted by atomic mass is 9.87. The van der Waals surface area contributed by atoms with Crippen LogP contribution < -0.4 is 5.32 Å². The molecule has 0 saturated carbocycles. The minimum Gasteiger partial charge on any atom is -0.355 e. The number of carbonyl (C=O) groups excluding carboxylic acids is 2. The summed E-state index contributed by atoms with van der Waals surface area (Å²) in [7, 11) is 0. The smallest absolute Gasteiger partial charge is 0.234 e. The minimum absolute atomic E-state index is 0.00399. The van der Waals surface area contributed by atoms with E-state index in [0.29, 0.717) is 18.9 Å². The fourth-order valence-electron chi connectivity index (χ4n) is 3.69. The second-order valence-corrected chi connectivity index (χ2v) is 8.65. The highest BCUT2D eigenvalue weighted by atomic mass is 35.5. The molecule has 2 atom stereocenters. The van der Waals surface area contributed by atoms with Crippen molar-refractivity contribution < 1.29 is 9.59 Å². The number of hydrogen-bond donors (Lipinski definition) is 1. The van der Waals surface area contributed by atoms with E-state index in [1.807, 2.05) is 0 Å². The summed E-state index contributed by atoms with van der Waals surface area (Å²) in [5.74, 6) is 0.623. The number of hydrogen-bond acceptors (Lipinski definition) is 3. The largest absolute Gasteiger partial charge is 0.355 e. The monoisotopic (exact) mass is 384 g/mol. The number of aryl methyl sites for hydroxylation is 2. The lowest BCUT2D eigenvalue weighted by molar-refractivity contribution is -0.135. The molecule has 0 bridgehead atoms. The molecule has 140 valence electrons. The number of nitrogens with zero attached hydrogens (tertiary/aromatic N) is 1. The molecule has 1 aromatic heterocycles. The van der Waals surface area contributed by atoms with Crippen molar-refractivity contribution in [1.82, 2.24) is 10.2 Å². The van der Waals surface area contributed by atoms with Gasteiger partial charge in [-0.2, -0.15) is 0 Å². The summed E-state index contributed by atoms with van der Waals surface area (Å²) in [4.78, 5) is 28.7. The molecule has 0 spiro atoms. The van der Waals surface area contributed by atoms with Gasteiger partial charge in [0.05, 0.1) is 6.42 Å². The molecule has 2 amide bonds. The summed E-state index contributed by atoms with van der Waals surface area (Å²) >= 11 is 7.22. The van der Waals surface area contributed by atoms with Gasteiger partial charge in [-0.05, 0) is 57.1 Å². The molecule has 0 aromatic carbocycles. The normalized spacial score (nSPS) is 20.6. The topological polar surface area (TPSA) is 49.4 Å². The van der Waals surface area contributed by atoms with Gasteiger partial charge >= 0.3 is 0 Å². The van der Waals surface area contributed by atoms with Gasteiger partial charge in [-0.3, -0.25) is 9.59 Å². The predicted molar refractivity (Wildman–Crippen MR) is 104 cm³/mol. The first-order valence-electron chi connectivity index (χ1n) is 9.10. The maximum Gasteiger partial charge on any atom is 0.234 e. The van der Waals surface area contributed by atoms with Crippen LogP contribution in [0.15, 0.2) is 6.07 Å². The quantitative estimate of drug-likeness (QED) is 0.576. The number of rotatable bonds is 7. The van der Waals surface area contributed by atoms with E-state index in [0.717, 1.165) is 25.8 Å². The SMILES string of the molecule is Cc1cc(C)c(CC(=O)N2CCCC(C)C2CCCNC(=O)CCl)s1. The lowest BCUT2D eigenvalue weighted by Crippen LogP contribution is -2.48. The number of alkyl halides is 1. The number of amides is 2. The number of halogens is 1. The van der Waals surface area contributed by atoms with E-state index in [1.54, 1.807) is 11.3 Å². The Hall–Kier alpha value is -1.07. The van der Waals surface area contributed by atoms with Gasteiger partial charge in [0.25, 0.3) is 0 Å². The molecule has 1 aromatic rings. The Bertz CT molecular complexity index is 602. The summed E-state index contributed by atoms with van der Waals surface area (Å²) in [6.45, 7) is 7.89. The highest BCUT2D eigenvalue weighted by Crippen LogP contribution is 2.28. The molecule has 25 heavy (non-hydrogen) atoms. The van der Waals surface area contributed by atoms with Crippen molar-refractivity contribution in [3.63, 3.8) is 0 Å². The van der Waals surface area contributed by atoms with Gasteiger partial charge in [-0.1, -0.05) is 6.92 Å². The number of piperidine rings is 1. The third-order valence-electron chi connectivity index (χ3n) is 5.01. The van der Waals surface area contributed by atoms with Crippen molar-refractivity contribution in [2.24, 2.45) is 5.92 Å². The van der Waals surface area contributed by atoms with Gasteiger partial charge in [-0.15, -0.1) is 22.9 Å². The third kappa shape index (κ3) is 5.71. The molecule has 6 heteroatoms. The minimum atomic E-state index is -0.130. The number of likely N-dealkylation sites (tertiary alicyclic amines) is 1. The lowest BCUT2D eigenvalue weighted by Gasteiger charge is -2.40. The summed E-state index contributed by atoms with van der Waals surface area (Å²) in [5.41, 5.74) is 1.22. The Labute approximate surface area is 159 Å². The Morgan fingerprint density at radius 2 is 2.16 bits per heavy atom. The van der Waals surface area contributed by atoms with Gasteiger partial charge in [0, 0.05) is 28.9 Å². The molecular formula is C19H29ClN2O2S. The molecule has 1 saturated heterocycles. The second-order valence-electron chi connectivity index (χ2n) is 7.04. The second kappa shape index (κ2) is 9.58. The van der Waals surface area contributed by atoms with Gasteiger partial charge in [0.2, 0.25) is 11.8 Å². The zero-order chi connectivity index (χ0) is 18.4. The number of thiophene rings is 1. The first kappa shape index (κ1) is 20.2. The Kier molecular flexibility index (Phi) is 7.76. The summed E-state index contributed by atoms with van der Waals surface area (Å²) < 4.78 is 0. The van der Waals surface area contributed by atoms with Crippen molar-refractivity contribution in [2.75, 3.05) is 19.0 Å². The van der Waals surface area contributed by atoms with Gasteiger partial charge < -0.3 is 10.2 Å². The van der Waals surface area contributed by atoms with Crippen molar-refractivity contribution in [3.8, 4) is 0 Å². The molecule has 2 rings (SSSR count). The number of nitrogens with one attached hydrogen (secondary N) is 1. The summed E-state index contributed by atoms with van der Waals surface area (Å²) in [6.07, 6.45) is 4.56. The fourth-order valence-corrected chi connectivity index (χ4v) is 4.82. The van der Waals surface area contributed by atoms with Gasteiger partial charge in [0.1, 0.15) is 5.88 Å². The number of carbonyl (C=O) groups is 2. The summed E-state index contributed by atoms with van der Waals surface area (Å²) in [6, 6.07) is 2.43. The van der Waals surface area contributed by atoms with E-state index >= 15 is 0 Å². The van der Waals surface area contributed by atoms with Gasteiger partial charge in [0.15, 0.2) is 0 Å². The molecule has 0 aliphatic carbocycles. The zero-order valence-electron chi connectivity index (χ0n) is 15.4. The zero-order valence-corrected chi connectivity index (χ0v) is 17.0. The average Bonchev–Trinajstić information content (AvgIpc) is 2.89. The molecular weight excluding hydrogens is 356 g/mol. The van der Waals surface area contributed by atoms with E-state index < -0.39 is 0 Å². The van der Waals surface area contributed by atoms with E-state index in [-0.39, 0.29) is 23.7 Å². The molecule has 2 heterocycles. The maximum absolute atomic E-state index is 12.9. The van der Waals surface area contributed by atoms with E-state index in [4.69, 9.17) is 11.6 Å². The molecule has 2 unspecified atom stereocenters. The third-order valence-corrected chi connectivity index (χ3v) is 6.41. The highest BCUT2D eigenvalue weighted by molar-refractivity contribution is 7.12. The van der Waals surface area contributed by atoms with Crippen LogP contribution in [0.3, 0.4) is 0 Å². The van der Waals surface area contributed by atoms with Gasteiger partial charge in [-0.25, -0.2) is 0 Å². The van der Waals surface area contributed by atoms with Crippen LogP contribution in [-0.4, -0.2) is 41.7 Å². The maximum atomic E-state index is 12.9. The summed E-state index contributed by atoms with van der Waals surface area (Å²) in [5, 5.41) is 2.81. The molecule has 1 N–H and O–H groups in total. The van der Waals surface area contributed by atoms with Crippen LogP contribution in [-0.2, 0) is 16.0 Å². The van der Waals surface area contributed by atoms with Crippen molar-refractivity contribution >= 4 is 34.8 Å². The Morgan fingerprint density at radius 1 is 1.40 bits per heavy atom. The molecule has 1 aliphatic rings. The van der Waals surface area contributed by atoms with Crippen molar-refractivity contribution in [2.45, 2.75) is 58.9 Å². The van der Waals surface area contributed by atoms with E-state index in [2.05, 4.69) is 37.1 Å². The molecule has 4 nitrogen and oxygen atoms in total. The van der Waals surface area contributed by atoms with Crippen LogP contribution in [0.5, 0.6) is 0 Å². The van der Waals surface area contributed by atoms with Crippen LogP contribution in [0.2, 0.25) is 0 Å². The molecule has 0 radical (unpaired) electrons. The molecule has 1 aliphatic heterocycles. The van der Waals surface area contributed by atoms with Crippen LogP contribution >= 0.6 is 22.9 Å². The Morgan fingerprint density at radius 3 is 2.80 bits per heavy atom. The molecule has 1 fully saturated rings. The van der Waals surface area contributed by atoms with Crippen molar-refractivity contribution in [1.29, 1.82) is 0 Å². The van der Waals surface area contributed by atoms with E-state index in [1.165, 1.54) is 21.7 Å². The highest BCUT2D eigenvalue weighted by Gasteiger charge is 2.31. The first-order chi connectivity index (χ1) is 11.9. The average molecular weight is 385 g/mol. The van der Waals surface area contributed by atoms with Crippen LogP contribution in [0.1, 0.15) is 47.9 Å².